The first-order chi connectivity index (χ1) is 11.8. The van der Waals surface area contributed by atoms with Gasteiger partial charge in [0.15, 0.2) is 0 Å². The van der Waals surface area contributed by atoms with Crippen LogP contribution < -0.4 is 10.1 Å². The maximum atomic E-state index is 6.03. The fourth-order valence-corrected chi connectivity index (χ4v) is 3.30. The van der Waals surface area contributed by atoms with Crippen molar-refractivity contribution in [3.8, 4) is 5.75 Å². The average Bonchev–Trinajstić information content (AvgIpc) is 2.82. The maximum absolute atomic E-state index is 6.03. The van der Waals surface area contributed by atoms with Crippen LogP contribution in [-0.4, -0.2) is 18.2 Å². The van der Waals surface area contributed by atoms with Gasteiger partial charge in [0.05, 0.1) is 5.69 Å². The summed E-state index contributed by atoms with van der Waals surface area (Å²) in [6, 6.07) is 8.34. The van der Waals surface area contributed by atoms with Crippen LogP contribution in [0.5, 0.6) is 5.75 Å². The Morgan fingerprint density at radius 3 is 2.71 bits per heavy atom. The van der Waals surface area contributed by atoms with Gasteiger partial charge in [-0.05, 0) is 55.0 Å². The van der Waals surface area contributed by atoms with Crippen molar-refractivity contribution >= 4 is 11.5 Å². The van der Waals surface area contributed by atoms with Gasteiger partial charge in [-0.3, -0.25) is 0 Å². The van der Waals surface area contributed by atoms with E-state index in [1.54, 1.807) is 0 Å². The Balaban J connectivity index is 0.000000815. The van der Waals surface area contributed by atoms with E-state index in [1.165, 1.54) is 16.7 Å². The minimum atomic E-state index is 0.541. The van der Waals surface area contributed by atoms with E-state index in [4.69, 9.17) is 9.47 Å². The van der Waals surface area contributed by atoms with Gasteiger partial charge < -0.3 is 14.8 Å². The molecular formula is C20H26N2O2. The number of anilines is 2. The second-order valence-corrected chi connectivity index (χ2v) is 6.03. The molecule has 4 rings (SSSR count). The van der Waals surface area contributed by atoms with Gasteiger partial charge in [-0.1, -0.05) is 19.9 Å². The molecule has 0 saturated carbocycles. The minimum absolute atomic E-state index is 0.541. The normalized spacial score (nSPS) is 16.5. The number of nitrogens with zero attached hydrogens (tertiary/aromatic N) is 1. The van der Waals surface area contributed by atoms with Crippen molar-refractivity contribution in [1.82, 2.24) is 4.98 Å². The molecule has 2 aliphatic rings. The monoisotopic (exact) mass is 326 g/mol. The highest BCUT2D eigenvalue weighted by Gasteiger charge is 2.23. The van der Waals surface area contributed by atoms with Gasteiger partial charge in [0, 0.05) is 25.0 Å². The first-order valence-corrected chi connectivity index (χ1v) is 8.87. The molecule has 1 saturated heterocycles. The lowest BCUT2D eigenvalue weighted by molar-refractivity contribution is 0.0849. The minimum Gasteiger partial charge on any atom is -0.487 e. The van der Waals surface area contributed by atoms with Crippen molar-refractivity contribution in [2.45, 2.75) is 46.1 Å². The first-order valence-electron chi connectivity index (χ1n) is 8.87. The van der Waals surface area contributed by atoms with Crippen LogP contribution in [0.25, 0.3) is 0 Å². The van der Waals surface area contributed by atoms with E-state index < -0.39 is 0 Å². The lowest BCUT2D eigenvalue weighted by atomic mass is 9.89. The number of hydrogen-bond donors (Lipinski definition) is 1. The Hall–Kier alpha value is -2.07. The van der Waals surface area contributed by atoms with Crippen molar-refractivity contribution in [3.05, 3.63) is 47.2 Å². The molecule has 4 nitrogen and oxygen atoms in total. The molecule has 1 aromatic heterocycles. The van der Waals surface area contributed by atoms with Crippen molar-refractivity contribution in [3.63, 3.8) is 0 Å². The third kappa shape index (κ3) is 3.39. The number of benzene rings is 1. The summed E-state index contributed by atoms with van der Waals surface area (Å²) in [5.74, 6) is 2.36. The molecule has 24 heavy (non-hydrogen) atoms. The fraction of sp³-hybridized carbons (Fsp3) is 0.450. The number of nitrogens with one attached hydrogen (secondary N) is 1. The molecule has 1 aromatic carbocycles. The molecule has 4 heteroatoms. The highest BCUT2D eigenvalue weighted by atomic mass is 16.5. The maximum Gasteiger partial charge on any atom is 0.143 e. The van der Waals surface area contributed by atoms with Crippen LogP contribution in [0.1, 0.15) is 49.3 Å². The standard InChI is InChI=1S/C18H20N2O2.C2H6/c1-12-2-3-17-16(10-12)20-18-15(11-22-17)14(4-7-19-18)13-5-8-21-9-6-13;1-2/h2-4,7,10,13H,5-6,8-9,11H2,1H3,(H,19,20);1-2H3. The van der Waals surface area contributed by atoms with E-state index in [9.17, 15) is 0 Å². The molecule has 1 fully saturated rings. The molecule has 0 amide bonds. The molecule has 2 aliphatic heterocycles. The fourth-order valence-electron chi connectivity index (χ4n) is 3.30. The second-order valence-electron chi connectivity index (χ2n) is 6.03. The lowest BCUT2D eigenvalue weighted by Crippen LogP contribution is -2.16. The summed E-state index contributed by atoms with van der Waals surface area (Å²) in [5.41, 5.74) is 4.74. The molecule has 0 atom stereocenters. The zero-order valence-corrected chi connectivity index (χ0v) is 14.8. The van der Waals surface area contributed by atoms with E-state index in [2.05, 4.69) is 35.4 Å². The number of hydrogen-bond acceptors (Lipinski definition) is 4. The topological polar surface area (TPSA) is 43.4 Å². The molecular weight excluding hydrogens is 300 g/mol. The molecule has 3 heterocycles. The lowest BCUT2D eigenvalue weighted by Gasteiger charge is -2.24. The summed E-state index contributed by atoms with van der Waals surface area (Å²) in [4.78, 5) is 4.54. The van der Waals surface area contributed by atoms with Crippen LogP contribution in [0.2, 0.25) is 0 Å². The molecule has 0 bridgehead atoms. The van der Waals surface area contributed by atoms with Crippen molar-refractivity contribution in [1.29, 1.82) is 0 Å². The largest absolute Gasteiger partial charge is 0.487 e. The van der Waals surface area contributed by atoms with E-state index in [-0.39, 0.29) is 0 Å². The molecule has 128 valence electrons. The number of aryl methyl sites for hydroxylation is 1. The van der Waals surface area contributed by atoms with Gasteiger partial charge in [0.2, 0.25) is 0 Å². The average molecular weight is 326 g/mol. The molecule has 1 N–H and O–H groups in total. The SMILES string of the molecule is CC.Cc1ccc2c(c1)Nc1nccc(C3CCOCC3)c1CO2. The Morgan fingerprint density at radius 1 is 1.12 bits per heavy atom. The van der Waals surface area contributed by atoms with Crippen LogP contribution >= 0.6 is 0 Å². The smallest absolute Gasteiger partial charge is 0.143 e. The van der Waals surface area contributed by atoms with Crippen LogP contribution in [0.3, 0.4) is 0 Å². The van der Waals surface area contributed by atoms with E-state index >= 15 is 0 Å². The van der Waals surface area contributed by atoms with E-state index in [0.29, 0.717) is 12.5 Å². The van der Waals surface area contributed by atoms with E-state index in [1.807, 2.05) is 26.1 Å². The number of pyridine rings is 1. The quantitative estimate of drug-likeness (QED) is 0.805. The summed E-state index contributed by atoms with van der Waals surface area (Å²) >= 11 is 0. The summed E-state index contributed by atoms with van der Waals surface area (Å²) in [5, 5.41) is 3.46. The van der Waals surface area contributed by atoms with Gasteiger partial charge in [-0.2, -0.15) is 0 Å². The third-order valence-electron chi connectivity index (χ3n) is 4.51. The molecule has 0 radical (unpaired) electrons. The summed E-state index contributed by atoms with van der Waals surface area (Å²) in [7, 11) is 0. The zero-order valence-electron chi connectivity index (χ0n) is 14.8. The van der Waals surface area contributed by atoms with Crippen LogP contribution in [0, 0.1) is 6.92 Å². The Kier molecular flexibility index (Phi) is 5.36. The Morgan fingerprint density at radius 2 is 1.92 bits per heavy atom. The summed E-state index contributed by atoms with van der Waals surface area (Å²) in [6.45, 7) is 8.34. The highest BCUT2D eigenvalue weighted by Crippen LogP contribution is 2.38. The second kappa shape index (κ2) is 7.67. The van der Waals surface area contributed by atoms with Gasteiger partial charge in [-0.25, -0.2) is 4.98 Å². The molecule has 0 unspecified atom stereocenters. The number of aromatic nitrogens is 1. The predicted octanol–water partition coefficient (Wildman–Crippen LogP) is 4.95. The van der Waals surface area contributed by atoms with Gasteiger partial charge in [0.25, 0.3) is 0 Å². The number of fused-ring (bicyclic) bond motifs is 2. The Bertz CT molecular complexity index is 694. The van der Waals surface area contributed by atoms with E-state index in [0.717, 1.165) is 43.3 Å². The molecule has 0 aliphatic carbocycles. The number of ether oxygens (including phenoxy) is 2. The summed E-state index contributed by atoms with van der Waals surface area (Å²) in [6.07, 6.45) is 4.04. The van der Waals surface area contributed by atoms with Gasteiger partial charge >= 0.3 is 0 Å². The van der Waals surface area contributed by atoms with Crippen molar-refractivity contribution in [2.75, 3.05) is 18.5 Å². The van der Waals surface area contributed by atoms with Gasteiger partial charge in [-0.15, -0.1) is 0 Å². The highest BCUT2D eigenvalue weighted by molar-refractivity contribution is 5.69. The van der Waals surface area contributed by atoms with Gasteiger partial charge in [0.1, 0.15) is 18.2 Å². The summed E-state index contributed by atoms with van der Waals surface area (Å²) < 4.78 is 11.5. The van der Waals surface area contributed by atoms with Crippen molar-refractivity contribution in [2.24, 2.45) is 0 Å². The molecule has 0 spiro atoms. The third-order valence-corrected chi connectivity index (χ3v) is 4.51. The predicted molar refractivity (Wildman–Crippen MR) is 97.2 cm³/mol. The van der Waals surface area contributed by atoms with Crippen LogP contribution in [-0.2, 0) is 11.3 Å². The van der Waals surface area contributed by atoms with Crippen molar-refractivity contribution < 1.29 is 9.47 Å². The Labute approximate surface area is 144 Å². The number of rotatable bonds is 1. The van der Waals surface area contributed by atoms with Crippen LogP contribution in [0.4, 0.5) is 11.5 Å². The zero-order chi connectivity index (χ0) is 16.9. The van der Waals surface area contributed by atoms with Crippen LogP contribution in [0.15, 0.2) is 30.5 Å². The first kappa shape index (κ1) is 16.8. The molecule has 2 aromatic rings.